The van der Waals surface area contributed by atoms with Gasteiger partial charge in [0.1, 0.15) is 5.75 Å². The van der Waals surface area contributed by atoms with Crippen LogP contribution in [0.1, 0.15) is 19.8 Å². The third kappa shape index (κ3) is 3.59. The van der Waals surface area contributed by atoms with E-state index in [1.165, 1.54) is 17.5 Å². The molecule has 1 saturated heterocycles. The number of hydrogen-bond donors (Lipinski definition) is 0. The molecule has 122 valence electrons. The SMILES string of the molecule is CCOC(=O)C1CCN(S(=O)(=O)c2cccc(OC)c2)CC1. The molecule has 0 spiro atoms. The molecule has 1 fully saturated rings. The minimum Gasteiger partial charge on any atom is -0.497 e. The number of nitrogens with zero attached hydrogens (tertiary/aromatic N) is 1. The van der Waals surface area contributed by atoms with Crippen LogP contribution in [0, 0.1) is 5.92 Å². The third-order valence-corrected chi connectivity index (χ3v) is 5.65. The van der Waals surface area contributed by atoms with Crippen LogP contribution in [-0.4, -0.2) is 45.5 Å². The molecule has 0 unspecified atom stereocenters. The minimum atomic E-state index is -3.55. The van der Waals surface area contributed by atoms with E-state index in [0.717, 1.165) is 0 Å². The van der Waals surface area contributed by atoms with E-state index in [9.17, 15) is 13.2 Å². The van der Waals surface area contributed by atoms with Crippen molar-refractivity contribution in [2.75, 3.05) is 26.8 Å². The molecule has 0 aromatic heterocycles. The first kappa shape index (κ1) is 16.8. The molecule has 0 aliphatic carbocycles. The fourth-order valence-corrected chi connectivity index (χ4v) is 4.01. The van der Waals surface area contributed by atoms with Gasteiger partial charge < -0.3 is 9.47 Å². The first-order valence-corrected chi connectivity index (χ1v) is 8.74. The molecule has 0 amide bonds. The smallest absolute Gasteiger partial charge is 0.309 e. The van der Waals surface area contributed by atoms with Crippen molar-refractivity contribution >= 4 is 16.0 Å². The lowest BCUT2D eigenvalue weighted by Gasteiger charge is -2.30. The zero-order valence-corrected chi connectivity index (χ0v) is 13.6. The van der Waals surface area contributed by atoms with Crippen LogP contribution in [0.15, 0.2) is 29.2 Å². The van der Waals surface area contributed by atoms with Gasteiger partial charge >= 0.3 is 5.97 Å². The fourth-order valence-electron chi connectivity index (χ4n) is 2.50. The van der Waals surface area contributed by atoms with Gasteiger partial charge in [0.15, 0.2) is 0 Å². The van der Waals surface area contributed by atoms with Crippen molar-refractivity contribution in [1.82, 2.24) is 4.31 Å². The highest BCUT2D eigenvalue weighted by Crippen LogP contribution is 2.26. The summed E-state index contributed by atoms with van der Waals surface area (Å²) < 4.78 is 36.7. The third-order valence-electron chi connectivity index (χ3n) is 3.75. The standard InChI is InChI=1S/C15H21NO5S/c1-3-21-15(17)12-7-9-16(10-8-12)22(18,19)14-6-4-5-13(11-14)20-2/h4-6,11-12H,3,7-10H2,1-2H3. The summed E-state index contributed by atoms with van der Waals surface area (Å²) in [5.74, 6) is 0.0557. The van der Waals surface area contributed by atoms with Gasteiger partial charge in [-0.05, 0) is 31.9 Å². The van der Waals surface area contributed by atoms with Gasteiger partial charge in [-0.2, -0.15) is 4.31 Å². The molecule has 1 heterocycles. The summed E-state index contributed by atoms with van der Waals surface area (Å²) in [6, 6.07) is 6.41. The predicted octanol–water partition coefficient (Wildman–Crippen LogP) is 1.66. The van der Waals surface area contributed by atoms with Crippen molar-refractivity contribution in [1.29, 1.82) is 0 Å². The van der Waals surface area contributed by atoms with E-state index in [4.69, 9.17) is 9.47 Å². The molecule has 2 rings (SSSR count). The zero-order chi connectivity index (χ0) is 16.2. The first-order valence-electron chi connectivity index (χ1n) is 7.30. The molecule has 0 atom stereocenters. The maximum atomic E-state index is 12.6. The number of esters is 1. The van der Waals surface area contributed by atoms with Gasteiger partial charge in [-0.3, -0.25) is 4.79 Å². The molecule has 0 bridgehead atoms. The number of benzene rings is 1. The van der Waals surface area contributed by atoms with Crippen LogP contribution in [-0.2, 0) is 19.6 Å². The van der Waals surface area contributed by atoms with Gasteiger partial charge in [-0.15, -0.1) is 0 Å². The summed E-state index contributed by atoms with van der Waals surface area (Å²) >= 11 is 0. The van der Waals surface area contributed by atoms with Crippen LogP contribution in [0.5, 0.6) is 5.75 Å². The number of carbonyl (C=O) groups excluding carboxylic acids is 1. The highest BCUT2D eigenvalue weighted by atomic mass is 32.2. The monoisotopic (exact) mass is 327 g/mol. The van der Waals surface area contributed by atoms with Crippen molar-refractivity contribution in [3.05, 3.63) is 24.3 Å². The molecule has 1 aromatic rings. The van der Waals surface area contributed by atoms with Crippen molar-refractivity contribution in [3.8, 4) is 5.75 Å². The fraction of sp³-hybridized carbons (Fsp3) is 0.533. The van der Waals surface area contributed by atoms with Crippen LogP contribution in [0.25, 0.3) is 0 Å². The summed E-state index contributed by atoms with van der Waals surface area (Å²) in [5.41, 5.74) is 0. The quantitative estimate of drug-likeness (QED) is 0.769. The van der Waals surface area contributed by atoms with Gasteiger partial charge in [0.05, 0.1) is 24.5 Å². The highest BCUT2D eigenvalue weighted by molar-refractivity contribution is 7.89. The molecule has 22 heavy (non-hydrogen) atoms. The minimum absolute atomic E-state index is 0.210. The van der Waals surface area contributed by atoms with Crippen molar-refractivity contribution in [3.63, 3.8) is 0 Å². The molecule has 1 aromatic carbocycles. The Kier molecular flexibility index (Phi) is 5.42. The molecule has 6 nitrogen and oxygen atoms in total. The molecular formula is C15H21NO5S. The van der Waals surface area contributed by atoms with Gasteiger partial charge in [-0.1, -0.05) is 6.07 Å². The number of sulfonamides is 1. The van der Waals surface area contributed by atoms with E-state index < -0.39 is 10.0 Å². The molecule has 0 saturated carbocycles. The van der Waals surface area contributed by atoms with Crippen LogP contribution < -0.4 is 4.74 Å². The number of ether oxygens (including phenoxy) is 2. The molecular weight excluding hydrogens is 306 g/mol. The Labute approximate surface area is 131 Å². The summed E-state index contributed by atoms with van der Waals surface area (Å²) in [5, 5.41) is 0. The van der Waals surface area contributed by atoms with E-state index in [-0.39, 0.29) is 16.8 Å². The number of hydrogen-bond acceptors (Lipinski definition) is 5. The van der Waals surface area contributed by atoms with E-state index in [1.54, 1.807) is 25.1 Å². The van der Waals surface area contributed by atoms with Crippen LogP contribution in [0.2, 0.25) is 0 Å². The summed E-state index contributed by atoms with van der Waals surface area (Å²) in [4.78, 5) is 11.9. The normalized spacial score (nSPS) is 17.2. The molecule has 0 radical (unpaired) electrons. The first-order chi connectivity index (χ1) is 10.5. The highest BCUT2D eigenvalue weighted by Gasteiger charge is 2.32. The van der Waals surface area contributed by atoms with E-state index in [0.29, 0.717) is 38.3 Å². The van der Waals surface area contributed by atoms with E-state index >= 15 is 0 Å². The predicted molar refractivity (Wildman–Crippen MR) is 81.1 cm³/mol. The van der Waals surface area contributed by atoms with Gasteiger partial charge in [0, 0.05) is 19.2 Å². The molecule has 0 N–H and O–H groups in total. The van der Waals surface area contributed by atoms with Crippen LogP contribution in [0.4, 0.5) is 0 Å². The van der Waals surface area contributed by atoms with Crippen LogP contribution >= 0.6 is 0 Å². The average molecular weight is 327 g/mol. The number of rotatable bonds is 5. The molecule has 7 heteroatoms. The lowest BCUT2D eigenvalue weighted by atomic mass is 9.98. The Hall–Kier alpha value is -1.60. The van der Waals surface area contributed by atoms with Crippen molar-refractivity contribution in [2.45, 2.75) is 24.7 Å². The van der Waals surface area contributed by atoms with Crippen LogP contribution in [0.3, 0.4) is 0 Å². The summed E-state index contributed by atoms with van der Waals surface area (Å²) in [6.07, 6.45) is 0.976. The second kappa shape index (κ2) is 7.11. The van der Waals surface area contributed by atoms with Gasteiger partial charge in [-0.25, -0.2) is 8.42 Å². The summed E-state index contributed by atoms with van der Waals surface area (Å²) in [6.45, 7) is 2.76. The topological polar surface area (TPSA) is 72.9 Å². The Morgan fingerprint density at radius 2 is 2.00 bits per heavy atom. The summed E-state index contributed by atoms with van der Waals surface area (Å²) in [7, 11) is -2.06. The average Bonchev–Trinajstić information content (AvgIpc) is 2.55. The molecule has 1 aliphatic heterocycles. The number of carbonyl (C=O) groups is 1. The largest absolute Gasteiger partial charge is 0.497 e. The van der Waals surface area contributed by atoms with E-state index in [1.807, 2.05) is 0 Å². The lowest BCUT2D eigenvalue weighted by Crippen LogP contribution is -2.40. The lowest BCUT2D eigenvalue weighted by molar-refractivity contribution is -0.149. The Morgan fingerprint density at radius 1 is 1.32 bits per heavy atom. The van der Waals surface area contributed by atoms with Crippen molar-refractivity contribution < 1.29 is 22.7 Å². The van der Waals surface area contributed by atoms with Gasteiger partial charge in [0.25, 0.3) is 0 Å². The zero-order valence-electron chi connectivity index (χ0n) is 12.8. The Balaban J connectivity index is 2.07. The Bertz CT molecular complexity index is 621. The maximum absolute atomic E-state index is 12.6. The number of piperidine rings is 1. The maximum Gasteiger partial charge on any atom is 0.309 e. The second-order valence-corrected chi connectivity index (χ2v) is 7.05. The van der Waals surface area contributed by atoms with Crippen molar-refractivity contribution in [2.24, 2.45) is 5.92 Å². The molecule has 1 aliphatic rings. The van der Waals surface area contributed by atoms with Gasteiger partial charge in [0.2, 0.25) is 10.0 Å². The number of methoxy groups -OCH3 is 1. The second-order valence-electron chi connectivity index (χ2n) is 5.11. The Morgan fingerprint density at radius 3 is 2.59 bits per heavy atom. The van der Waals surface area contributed by atoms with E-state index in [2.05, 4.69) is 0 Å².